The Morgan fingerprint density at radius 3 is 2.93 bits per heavy atom. The summed E-state index contributed by atoms with van der Waals surface area (Å²) < 4.78 is 3.45. The highest BCUT2D eigenvalue weighted by Gasteiger charge is 2.03. The number of unbranched alkanes of at least 4 members (excludes halogenated alkanes) is 1. The van der Waals surface area contributed by atoms with E-state index in [4.69, 9.17) is 5.84 Å². The van der Waals surface area contributed by atoms with Gasteiger partial charge >= 0.3 is 0 Å². The number of nitrogens with zero attached hydrogens (tertiary/aromatic N) is 2. The van der Waals surface area contributed by atoms with Crippen LogP contribution in [-0.4, -0.2) is 4.57 Å². The Kier molecular flexibility index (Phi) is 3.06. The highest BCUT2D eigenvalue weighted by atomic mass is 32.1. The summed E-state index contributed by atoms with van der Waals surface area (Å²) in [6.45, 7) is 3.19. The third-order valence-corrected chi connectivity index (χ3v) is 3.51. The fraction of sp³-hybridized carbons (Fsp3) is 0.364. The Bertz CT molecular complexity index is 510. The van der Waals surface area contributed by atoms with Crippen LogP contribution < -0.4 is 10.6 Å². The zero-order chi connectivity index (χ0) is 10.7. The number of benzene rings is 1. The molecule has 2 aromatic rings. The predicted octanol–water partition coefficient (Wildman–Crippen LogP) is 2.28. The first kappa shape index (κ1) is 10.2. The Labute approximate surface area is 92.8 Å². The highest BCUT2D eigenvalue weighted by molar-refractivity contribution is 7.16. The first-order chi connectivity index (χ1) is 7.36. The van der Waals surface area contributed by atoms with Crippen LogP contribution in [0, 0.1) is 0 Å². The van der Waals surface area contributed by atoms with Crippen molar-refractivity contribution in [2.24, 2.45) is 10.9 Å². The minimum atomic E-state index is 0.907. The Morgan fingerprint density at radius 2 is 2.20 bits per heavy atom. The largest absolute Gasteiger partial charge is 0.320 e. The molecule has 0 amide bonds. The van der Waals surface area contributed by atoms with Crippen LogP contribution in [0.15, 0.2) is 29.4 Å². The lowest BCUT2D eigenvalue weighted by Gasteiger charge is -2.02. The number of nitrogens with two attached hydrogens (primary N) is 1. The SMILES string of the molecule is CCCCn1/c(=N/N)sc2ccccc21. The molecule has 0 saturated carbocycles. The molecule has 0 fully saturated rings. The van der Waals surface area contributed by atoms with Crippen LogP contribution in [0.25, 0.3) is 10.2 Å². The molecular weight excluding hydrogens is 206 g/mol. The molecule has 15 heavy (non-hydrogen) atoms. The number of rotatable bonds is 3. The van der Waals surface area contributed by atoms with E-state index in [1.807, 2.05) is 6.07 Å². The zero-order valence-corrected chi connectivity index (χ0v) is 9.63. The standard InChI is InChI=1S/C11H15N3S/c1-2-3-8-14-9-6-4-5-7-10(9)15-11(14)13-12/h4-7H,2-3,8,12H2,1H3/b13-11-. The lowest BCUT2D eigenvalue weighted by Crippen LogP contribution is -2.16. The zero-order valence-electron chi connectivity index (χ0n) is 8.81. The second kappa shape index (κ2) is 4.49. The maximum Gasteiger partial charge on any atom is 0.208 e. The van der Waals surface area contributed by atoms with Crippen LogP contribution in [0.4, 0.5) is 0 Å². The van der Waals surface area contributed by atoms with Crippen LogP contribution >= 0.6 is 11.3 Å². The van der Waals surface area contributed by atoms with Gasteiger partial charge in [-0.15, -0.1) is 0 Å². The summed E-state index contributed by atoms with van der Waals surface area (Å²) in [4.78, 5) is 0.907. The Morgan fingerprint density at radius 1 is 1.40 bits per heavy atom. The minimum absolute atomic E-state index is 0.907. The molecule has 0 aliphatic carbocycles. The van der Waals surface area contributed by atoms with Gasteiger partial charge in [-0.2, -0.15) is 5.10 Å². The van der Waals surface area contributed by atoms with Crippen molar-refractivity contribution in [3.05, 3.63) is 29.1 Å². The summed E-state index contributed by atoms with van der Waals surface area (Å²) in [6.07, 6.45) is 2.34. The molecular formula is C11H15N3S. The molecule has 0 radical (unpaired) electrons. The quantitative estimate of drug-likeness (QED) is 0.627. The highest BCUT2D eigenvalue weighted by Crippen LogP contribution is 2.16. The lowest BCUT2D eigenvalue weighted by atomic mass is 10.3. The van der Waals surface area contributed by atoms with E-state index in [1.54, 1.807) is 11.3 Å². The molecule has 0 aliphatic rings. The Balaban J connectivity index is 2.57. The number of hydrogen-bond donors (Lipinski definition) is 1. The topological polar surface area (TPSA) is 43.3 Å². The molecule has 0 aliphatic heterocycles. The van der Waals surface area contributed by atoms with Gasteiger partial charge in [0.25, 0.3) is 0 Å². The van der Waals surface area contributed by atoms with E-state index in [1.165, 1.54) is 16.6 Å². The summed E-state index contributed by atoms with van der Waals surface area (Å²) in [5, 5.41) is 3.84. The van der Waals surface area contributed by atoms with Crippen molar-refractivity contribution in [2.45, 2.75) is 26.3 Å². The normalized spacial score (nSPS) is 12.5. The monoisotopic (exact) mass is 221 g/mol. The third kappa shape index (κ3) is 1.90. The first-order valence-electron chi connectivity index (χ1n) is 5.19. The van der Waals surface area contributed by atoms with Crippen molar-refractivity contribution >= 4 is 21.6 Å². The molecule has 0 atom stereocenters. The van der Waals surface area contributed by atoms with E-state index >= 15 is 0 Å². The minimum Gasteiger partial charge on any atom is -0.320 e. The van der Waals surface area contributed by atoms with Crippen LogP contribution in [0.5, 0.6) is 0 Å². The van der Waals surface area contributed by atoms with E-state index in [9.17, 15) is 0 Å². The number of aromatic nitrogens is 1. The lowest BCUT2D eigenvalue weighted by molar-refractivity contribution is 0.632. The van der Waals surface area contributed by atoms with Gasteiger partial charge in [0.2, 0.25) is 4.80 Å². The molecule has 4 heteroatoms. The second-order valence-corrected chi connectivity index (χ2v) is 4.50. The predicted molar refractivity (Wildman–Crippen MR) is 64.5 cm³/mol. The van der Waals surface area contributed by atoms with Crippen LogP contribution in [0.3, 0.4) is 0 Å². The fourth-order valence-corrected chi connectivity index (χ4v) is 2.63. The molecule has 80 valence electrons. The van der Waals surface area contributed by atoms with Crippen molar-refractivity contribution in [3.8, 4) is 0 Å². The van der Waals surface area contributed by atoms with Crippen LogP contribution in [-0.2, 0) is 6.54 Å². The van der Waals surface area contributed by atoms with Crippen molar-refractivity contribution in [1.82, 2.24) is 4.57 Å². The van der Waals surface area contributed by atoms with Crippen LogP contribution in [0.1, 0.15) is 19.8 Å². The molecule has 1 aromatic carbocycles. The molecule has 0 saturated heterocycles. The van der Waals surface area contributed by atoms with Crippen molar-refractivity contribution in [2.75, 3.05) is 0 Å². The van der Waals surface area contributed by atoms with Gasteiger partial charge in [-0.25, -0.2) is 0 Å². The van der Waals surface area contributed by atoms with E-state index in [0.29, 0.717) is 0 Å². The molecule has 1 heterocycles. The Hall–Kier alpha value is -1.29. The maximum atomic E-state index is 5.40. The molecule has 0 spiro atoms. The van der Waals surface area contributed by atoms with Gasteiger partial charge < -0.3 is 10.4 Å². The molecule has 2 rings (SSSR count). The number of hydrogen-bond acceptors (Lipinski definition) is 3. The number of fused-ring (bicyclic) bond motifs is 1. The average molecular weight is 221 g/mol. The number of thiazole rings is 1. The molecule has 1 aromatic heterocycles. The fourth-order valence-electron chi connectivity index (χ4n) is 1.65. The van der Waals surface area contributed by atoms with E-state index in [-0.39, 0.29) is 0 Å². The summed E-state index contributed by atoms with van der Waals surface area (Å²) >= 11 is 1.65. The van der Waals surface area contributed by atoms with E-state index < -0.39 is 0 Å². The van der Waals surface area contributed by atoms with Crippen molar-refractivity contribution in [3.63, 3.8) is 0 Å². The van der Waals surface area contributed by atoms with Gasteiger partial charge in [0.05, 0.1) is 10.2 Å². The van der Waals surface area contributed by atoms with Gasteiger partial charge in [-0.3, -0.25) is 0 Å². The summed E-state index contributed by atoms with van der Waals surface area (Å²) in [5.74, 6) is 5.40. The van der Waals surface area contributed by atoms with Gasteiger partial charge in [-0.1, -0.05) is 36.8 Å². The number of para-hydroxylation sites is 1. The summed E-state index contributed by atoms with van der Waals surface area (Å²) in [5.41, 5.74) is 1.24. The first-order valence-corrected chi connectivity index (χ1v) is 6.00. The third-order valence-electron chi connectivity index (χ3n) is 2.43. The maximum absolute atomic E-state index is 5.40. The number of aryl methyl sites for hydroxylation is 1. The molecule has 0 unspecified atom stereocenters. The van der Waals surface area contributed by atoms with Gasteiger partial charge in [0.1, 0.15) is 0 Å². The molecule has 0 bridgehead atoms. The molecule has 2 N–H and O–H groups in total. The van der Waals surface area contributed by atoms with Gasteiger partial charge in [0, 0.05) is 6.54 Å². The summed E-state index contributed by atoms with van der Waals surface area (Å²) in [7, 11) is 0. The smallest absolute Gasteiger partial charge is 0.208 e. The van der Waals surface area contributed by atoms with Gasteiger partial charge in [0.15, 0.2) is 0 Å². The second-order valence-electron chi connectivity index (χ2n) is 3.49. The van der Waals surface area contributed by atoms with Crippen LogP contribution in [0.2, 0.25) is 0 Å². The van der Waals surface area contributed by atoms with Crippen molar-refractivity contribution in [1.29, 1.82) is 0 Å². The average Bonchev–Trinajstić information content (AvgIpc) is 2.64. The van der Waals surface area contributed by atoms with E-state index in [0.717, 1.165) is 17.8 Å². The molecule has 3 nitrogen and oxygen atoms in total. The van der Waals surface area contributed by atoms with E-state index in [2.05, 4.69) is 34.8 Å². The van der Waals surface area contributed by atoms with Crippen molar-refractivity contribution < 1.29 is 0 Å². The summed E-state index contributed by atoms with van der Waals surface area (Å²) in [6, 6.07) is 8.33. The van der Waals surface area contributed by atoms with Gasteiger partial charge in [-0.05, 0) is 18.6 Å².